The van der Waals surface area contributed by atoms with Gasteiger partial charge in [0.05, 0.1) is 0 Å². The predicted molar refractivity (Wildman–Crippen MR) is 69.9 cm³/mol. The molecule has 14 heavy (non-hydrogen) atoms. The van der Waals surface area contributed by atoms with Crippen molar-refractivity contribution >= 4 is 0 Å². The Labute approximate surface area is 91.4 Å². The highest BCUT2D eigenvalue weighted by Gasteiger charge is 1.79. The molecule has 0 heterocycles. The maximum atomic E-state index is 2.16. The zero-order valence-electron chi connectivity index (χ0n) is 11.1. The topological polar surface area (TPSA) is 0 Å². The van der Waals surface area contributed by atoms with Crippen LogP contribution in [0.25, 0.3) is 0 Å². The molecule has 0 aliphatic heterocycles. The van der Waals surface area contributed by atoms with E-state index < -0.39 is 0 Å². The van der Waals surface area contributed by atoms with Crippen molar-refractivity contribution in [3.05, 3.63) is 35.9 Å². The highest BCUT2D eigenvalue weighted by atomic mass is 13.9. The summed E-state index contributed by atoms with van der Waals surface area (Å²) in [6.45, 7) is 14.2. The van der Waals surface area contributed by atoms with Crippen molar-refractivity contribution in [1.82, 2.24) is 0 Å². The van der Waals surface area contributed by atoms with Gasteiger partial charge in [0.25, 0.3) is 0 Å². The fourth-order valence-corrected chi connectivity index (χ4v) is 0.714. The summed E-state index contributed by atoms with van der Waals surface area (Å²) >= 11 is 0. The largest absolute Gasteiger partial charge is 0.0683 e. The highest BCUT2D eigenvalue weighted by Crippen LogP contribution is 1.96. The fraction of sp³-hybridized carbons (Fsp3) is 0.571. The number of rotatable bonds is 1. The van der Waals surface area contributed by atoms with Gasteiger partial charge in [-0.1, -0.05) is 78.8 Å². The highest BCUT2D eigenvalue weighted by molar-refractivity contribution is 5.13. The maximum absolute atomic E-state index is 2.16. The molecular weight excluding hydrogens is 168 g/mol. The molecule has 1 rings (SSSR count). The molecule has 0 N–H and O–H groups in total. The Kier molecular flexibility index (Phi) is 30.7. The van der Waals surface area contributed by atoms with E-state index in [0.717, 1.165) is 6.42 Å². The molecule has 0 fully saturated rings. The van der Waals surface area contributed by atoms with Gasteiger partial charge in [0.2, 0.25) is 0 Å². The van der Waals surface area contributed by atoms with Gasteiger partial charge in [-0.05, 0) is 12.0 Å². The van der Waals surface area contributed by atoms with Crippen LogP contribution in [0.3, 0.4) is 0 Å². The Morgan fingerprint density at radius 1 is 0.714 bits per heavy atom. The summed E-state index contributed by atoms with van der Waals surface area (Å²) in [4.78, 5) is 0. The van der Waals surface area contributed by atoms with E-state index in [2.05, 4.69) is 31.2 Å². The molecule has 0 saturated heterocycles. The Balaban J connectivity index is -0.000000174. The molecule has 0 bridgehead atoms. The van der Waals surface area contributed by atoms with E-state index in [0.29, 0.717) is 0 Å². The van der Waals surface area contributed by atoms with Crippen LogP contribution in [0.1, 0.15) is 54.0 Å². The molecule has 0 spiro atoms. The number of hydrogen-bond donors (Lipinski definition) is 0. The first-order valence-electron chi connectivity index (χ1n) is 5.97. The minimum Gasteiger partial charge on any atom is -0.0683 e. The Morgan fingerprint density at radius 2 is 1.07 bits per heavy atom. The number of benzene rings is 1. The molecular formula is C14H28. The van der Waals surface area contributed by atoms with Gasteiger partial charge in [-0.3, -0.25) is 0 Å². The summed E-state index contributed by atoms with van der Waals surface area (Å²) in [7, 11) is 0. The molecule has 0 radical (unpaired) electrons. The lowest BCUT2D eigenvalue weighted by Gasteiger charge is -1.89. The van der Waals surface area contributed by atoms with Crippen LogP contribution in [0.4, 0.5) is 0 Å². The molecule has 0 atom stereocenters. The van der Waals surface area contributed by atoms with Crippen molar-refractivity contribution < 1.29 is 0 Å². The van der Waals surface area contributed by atoms with Crippen molar-refractivity contribution in [2.45, 2.75) is 54.9 Å². The molecule has 0 unspecified atom stereocenters. The van der Waals surface area contributed by atoms with E-state index in [1.807, 2.05) is 47.6 Å². The lowest BCUT2D eigenvalue weighted by atomic mass is 10.2. The molecule has 0 amide bonds. The number of hydrogen-bond acceptors (Lipinski definition) is 0. The molecule has 0 aromatic heterocycles. The SMILES string of the molecule is CC.CC.CC.CCc1ccccc1. The third-order valence-electron chi connectivity index (χ3n) is 1.25. The molecule has 0 nitrogen and oxygen atoms in total. The summed E-state index contributed by atoms with van der Waals surface area (Å²) in [6, 6.07) is 10.5. The van der Waals surface area contributed by atoms with Gasteiger partial charge in [0.15, 0.2) is 0 Å². The van der Waals surface area contributed by atoms with E-state index >= 15 is 0 Å². The van der Waals surface area contributed by atoms with Gasteiger partial charge < -0.3 is 0 Å². The van der Waals surface area contributed by atoms with E-state index in [1.165, 1.54) is 5.56 Å². The first-order valence-corrected chi connectivity index (χ1v) is 5.97. The maximum Gasteiger partial charge on any atom is -0.0307 e. The standard InChI is InChI=1S/C8H10.3C2H6/c1-2-8-6-4-3-5-7-8;3*1-2/h3-7H,2H2,1H3;3*1-2H3. The second-order valence-electron chi connectivity index (χ2n) is 1.84. The Morgan fingerprint density at radius 3 is 1.29 bits per heavy atom. The van der Waals surface area contributed by atoms with Crippen molar-refractivity contribution in [2.75, 3.05) is 0 Å². The second-order valence-corrected chi connectivity index (χ2v) is 1.84. The van der Waals surface area contributed by atoms with Crippen LogP contribution in [0, 0.1) is 0 Å². The summed E-state index contributed by atoms with van der Waals surface area (Å²) in [5, 5.41) is 0. The molecule has 0 aliphatic carbocycles. The first kappa shape index (κ1) is 18.9. The summed E-state index contributed by atoms with van der Waals surface area (Å²) in [6.07, 6.45) is 1.14. The lowest BCUT2D eigenvalue weighted by Crippen LogP contribution is -1.73. The average molecular weight is 196 g/mol. The molecule has 0 aliphatic rings. The first-order chi connectivity index (χ1) is 6.93. The van der Waals surface area contributed by atoms with Crippen LogP contribution < -0.4 is 0 Å². The minimum absolute atomic E-state index is 1.14. The van der Waals surface area contributed by atoms with Gasteiger partial charge in [-0.15, -0.1) is 0 Å². The Hall–Kier alpha value is -0.780. The molecule has 0 saturated carbocycles. The molecule has 0 heteroatoms. The quantitative estimate of drug-likeness (QED) is 0.569. The summed E-state index contributed by atoms with van der Waals surface area (Å²) < 4.78 is 0. The van der Waals surface area contributed by atoms with Gasteiger partial charge in [0, 0.05) is 0 Å². The van der Waals surface area contributed by atoms with Crippen LogP contribution in [-0.4, -0.2) is 0 Å². The fourth-order valence-electron chi connectivity index (χ4n) is 0.714. The van der Waals surface area contributed by atoms with Crippen LogP contribution in [-0.2, 0) is 6.42 Å². The Bertz CT molecular complexity index is 141. The number of aryl methyl sites for hydroxylation is 1. The van der Waals surface area contributed by atoms with E-state index in [9.17, 15) is 0 Å². The van der Waals surface area contributed by atoms with Crippen molar-refractivity contribution in [2.24, 2.45) is 0 Å². The smallest absolute Gasteiger partial charge is 0.0307 e. The van der Waals surface area contributed by atoms with E-state index in [1.54, 1.807) is 0 Å². The van der Waals surface area contributed by atoms with Gasteiger partial charge in [-0.2, -0.15) is 0 Å². The summed E-state index contributed by atoms with van der Waals surface area (Å²) in [5.74, 6) is 0. The third-order valence-corrected chi connectivity index (χ3v) is 1.25. The molecule has 84 valence electrons. The monoisotopic (exact) mass is 196 g/mol. The summed E-state index contributed by atoms with van der Waals surface area (Å²) in [5.41, 5.74) is 1.41. The van der Waals surface area contributed by atoms with Gasteiger partial charge >= 0.3 is 0 Å². The van der Waals surface area contributed by atoms with Crippen LogP contribution in [0.15, 0.2) is 30.3 Å². The zero-order valence-corrected chi connectivity index (χ0v) is 11.1. The van der Waals surface area contributed by atoms with Gasteiger partial charge in [-0.25, -0.2) is 0 Å². The van der Waals surface area contributed by atoms with Crippen LogP contribution in [0.5, 0.6) is 0 Å². The van der Waals surface area contributed by atoms with E-state index in [-0.39, 0.29) is 0 Å². The molecule has 1 aromatic rings. The van der Waals surface area contributed by atoms with Crippen molar-refractivity contribution in [3.8, 4) is 0 Å². The van der Waals surface area contributed by atoms with E-state index in [4.69, 9.17) is 0 Å². The van der Waals surface area contributed by atoms with Gasteiger partial charge in [0.1, 0.15) is 0 Å². The third kappa shape index (κ3) is 13.8. The lowest BCUT2D eigenvalue weighted by molar-refractivity contribution is 1.14. The minimum atomic E-state index is 1.14. The van der Waals surface area contributed by atoms with Crippen molar-refractivity contribution in [3.63, 3.8) is 0 Å². The zero-order chi connectivity index (χ0) is 11.8. The predicted octanol–water partition coefficient (Wildman–Crippen LogP) is 5.33. The molecule has 1 aromatic carbocycles. The van der Waals surface area contributed by atoms with Crippen molar-refractivity contribution in [1.29, 1.82) is 0 Å². The van der Waals surface area contributed by atoms with Crippen LogP contribution in [0.2, 0.25) is 0 Å². The van der Waals surface area contributed by atoms with Crippen LogP contribution >= 0.6 is 0 Å². The normalized spacial score (nSPS) is 6.50. The average Bonchev–Trinajstić information content (AvgIpc) is 2.37. The second kappa shape index (κ2) is 22.8.